The molecule has 3 N–H and O–H groups in total. The number of anilines is 1. The fourth-order valence-electron chi connectivity index (χ4n) is 2.64. The lowest BCUT2D eigenvalue weighted by Crippen LogP contribution is -2.27. The first-order valence-corrected chi connectivity index (χ1v) is 9.05. The van der Waals surface area contributed by atoms with Crippen LogP contribution in [0.25, 0.3) is 0 Å². The van der Waals surface area contributed by atoms with E-state index in [0.29, 0.717) is 5.69 Å². The molecule has 0 heterocycles. The van der Waals surface area contributed by atoms with Gasteiger partial charge in [-0.05, 0) is 31.0 Å². The number of rotatable bonds is 8. The van der Waals surface area contributed by atoms with E-state index in [4.69, 9.17) is 4.74 Å². The summed E-state index contributed by atoms with van der Waals surface area (Å²) in [5.74, 6) is -1.15. The van der Waals surface area contributed by atoms with Crippen LogP contribution in [0.5, 0.6) is 0 Å². The summed E-state index contributed by atoms with van der Waals surface area (Å²) in [6.45, 7) is 0.371. The van der Waals surface area contributed by atoms with Crippen molar-refractivity contribution in [3.8, 4) is 0 Å². The van der Waals surface area contributed by atoms with Gasteiger partial charge in [0.25, 0.3) is 0 Å². The molecule has 2 rings (SSSR count). The lowest BCUT2D eigenvalue weighted by molar-refractivity contribution is 0.0697. The van der Waals surface area contributed by atoms with Gasteiger partial charge < -0.3 is 15.2 Å². The van der Waals surface area contributed by atoms with E-state index in [1.807, 2.05) is 0 Å². The minimum Gasteiger partial charge on any atom is -0.478 e. The number of methoxy groups -OCH3 is 1. The van der Waals surface area contributed by atoms with Crippen LogP contribution >= 0.6 is 0 Å². The molecule has 0 aliphatic heterocycles. The average Bonchev–Trinajstić information content (AvgIpc) is 3.00. The number of aromatic carboxylic acids is 1. The summed E-state index contributed by atoms with van der Waals surface area (Å²) in [6, 6.07) is 4.37. The molecule has 128 valence electrons. The van der Waals surface area contributed by atoms with Crippen molar-refractivity contribution in [3.05, 3.63) is 23.8 Å². The second-order valence-corrected chi connectivity index (χ2v) is 7.30. The van der Waals surface area contributed by atoms with Crippen LogP contribution in [0.2, 0.25) is 0 Å². The number of carboxylic acids is 1. The van der Waals surface area contributed by atoms with Crippen LogP contribution < -0.4 is 10.0 Å². The summed E-state index contributed by atoms with van der Waals surface area (Å²) in [5, 5.41) is 12.6. The first-order chi connectivity index (χ1) is 10.9. The number of nitrogens with one attached hydrogen (secondary N) is 2. The van der Waals surface area contributed by atoms with E-state index >= 15 is 0 Å². The smallest absolute Gasteiger partial charge is 0.337 e. The normalized spacial score (nSPS) is 15.7. The zero-order valence-corrected chi connectivity index (χ0v) is 13.9. The Labute approximate surface area is 136 Å². The highest BCUT2D eigenvalue weighted by atomic mass is 32.2. The Balaban J connectivity index is 2.22. The van der Waals surface area contributed by atoms with Gasteiger partial charge in [-0.3, -0.25) is 0 Å². The zero-order chi connectivity index (χ0) is 16.9. The molecule has 1 aliphatic rings. The summed E-state index contributed by atoms with van der Waals surface area (Å²) < 4.78 is 31.5. The quantitative estimate of drug-likeness (QED) is 0.621. The highest BCUT2D eigenvalue weighted by Gasteiger charge is 2.21. The van der Waals surface area contributed by atoms with E-state index in [0.717, 1.165) is 25.7 Å². The number of hydrogen-bond acceptors (Lipinski definition) is 5. The lowest BCUT2D eigenvalue weighted by atomic mass is 10.1. The van der Waals surface area contributed by atoms with Gasteiger partial charge in [0.2, 0.25) is 10.0 Å². The number of benzene rings is 1. The van der Waals surface area contributed by atoms with Crippen LogP contribution in [0, 0.1) is 0 Å². The van der Waals surface area contributed by atoms with E-state index in [9.17, 15) is 18.3 Å². The third-order valence-electron chi connectivity index (χ3n) is 3.84. The monoisotopic (exact) mass is 342 g/mol. The van der Waals surface area contributed by atoms with Crippen molar-refractivity contribution in [1.82, 2.24) is 4.72 Å². The van der Waals surface area contributed by atoms with E-state index in [1.165, 1.54) is 25.3 Å². The standard InChI is InChI=1S/C15H22N2O5S/c1-22-9-8-16-23(20,21)12-6-7-14(13(10-12)15(18)19)17-11-4-2-3-5-11/h6-7,10-11,16-17H,2-5,8-9H2,1H3,(H,18,19). The highest BCUT2D eigenvalue weighted by Crippen LogP contribution is 2.26. The third kappa shape index (κ3) is 4.66. The Morgan fingerprint density at radius 2 is 2.04 bits per heavy atom. The van der Waals surface area contributed by atoms with Crippen molar-refractivity contribution in [2.24, 2.45) is 0 Å². The fraction of sp³-hybridized carbons (Fsp3) is 0.533. The van der Waals surface area contributed by atoms with Gasteiger partial charge in [0.15, 0.2) is 0 Å². The summed E-state index contributed by atoms with van der Waals surface area (Å²) in [6.07, 6.45) is 4.24. The number of carbonyl (C=O) groups is 1. The predicted octanol–water partition coefficient (Wildman–Crippen LogP) is 1.66. The molecule has 0 amide bonds. The summed E-state index contributed by atoms with van der Waals surface area (Å²) in [5.41, 5.74) is 0.423. The minimum atomic E-state index is -3.75. The van der Waals surface area contributed by atoms with Crippen LogP contribution in [-0.4, -0.2) is 45.8 Å². The van der Waals surface area contributed by atoms with Crippen molar-refractivity contribution in [3.63, 3.8) is 0 Å². The van der Waals surface area contributed by atoms with Gasteiger partial charge in [-0.25, -0.2) is 17.9 Å². The van der Waals surface area contributed by atoms with Crippen LogP contribution in [0.3, 0.4) is 0 Å². The molecule has 1 fully saturated rings. The van der Waals surface area contributed by atoms with Crippen LogP contribution in [0.4, 0.5) is 5.69 Å². The van der Waals surface area contributed by atoms with E-state index in [-0.39, 0.29) is 29.7 Å². The molecule has 23 heavy (non-hydrogen) atoms. The Bertz CT molecular complexity index is 654. The number of ether oxygens (including phenoxy) is 1. The molecule has 8 heteroatoms. The third-order valence-corrected chi connectivity index (χ3v) is 5.30. The number of carboxylic acid groups (broad SMARTS) is 1. The van der Waals surface area contributed by atoms with Crippen molar-refractivity contribution < 1.29 is 23.1 Å². The lowest BCUT2D eigenvalue weighted by Gasteiger charge is -2.16. The second kappa shape index (κ2) is 7.76. The molecule has 0 atom stereocenters. The SMILES string of the molecule is COCCNS(=O)(=O)c1ccc(NC2CCCC2)c(C(=O)O)c1. The average molecular weight is 342 g/mol. The number of sulfonamides is 1. The van der Waals surface area contributed by atoms with Crippen molar-refractivity contribution in [1.29, 1.82) is 0 Å². The molecule has 7 nitrogen and oxygen atoms in total. The van der Waals surface area contributed by atoms with Crippen LogP contribution in [0.1, 0.15) is 36.0 Å². The van der Waals surface area contributed by atoms with Gasteiger partial charge >= 0.3 is 5.97 Å². The second-order valence-electron chi connectivity index (χ2n) is 5.53. The minimum absolute atomic E-state index is 0.0356. The topological polar surface area (TPSA) is 105 Å². The molecule has 1 aliphatic carbocycles. The molecular weight excluding hydrogens is 320 g/mol. The predicted molar refractivity (Wildman–Crippen MR) is 86.3 cm³/mol. The van der Waals surface area contributed by atoms with Crippen molar-refractivity contribution >= 4 is 21.7 Å². The molecule has 0 aromatic heterocycles. The maximum absolute atomic E-state index is 12.2. The van der Waals surface area contributed by atoms with Crippen molar-refractivity contribution in [2.75, 3.05) is 25.6 Å². The molecule has 1 aromatic carbocycles. The molecule has 0 spiro atoms. The Hall–Kier alpha value is -1.64. The van der Waals surface area contributed by atoms with Crippen LogP contribution in [-0.2, 0) is 14.8 Å². The zero-order valence-electron chi connectivity index (χ0n) is 13.0. The molecule has 1 aromatic rings. The molecule has 0 unspecified atom stereocenters. The molecule has 1 saturated carbocycles. The molecular formula is C15H22N2O5S. The summed E-state index contributed by atoms with van der Waals surface area (Å²) >= 11 is 0. The summed E-state index contributed by atoms with van der Waals surface area (Å²) in [7, 11) is -2.28. The van der Waals surface area contributed by atoms with Gasteiger partial charge in [0.05, 0.1) is 17.1 Å². The van der Waals surface area contributed by atoms with E-state index in [2.05, 4.69) is 10.0 Å². The summed E-state index contributed by atoms with van der Waals surface area (Å²) in [4.78, 5) is 11.4. The molecule has 0 bridgehead atoms. The van der Waals surface area contributed by atoms with Crippen LogP contribution in [0.15, 0.2) is 23.1 Å². The van der Waals surface area contributed by atoms with E-state index < -0.39 is 16.0 Å². The van der Waals surface area contributed by atoms with Gasteiger partial charge in [-0.2, -0.15) is 0 Å². The van der Waals surface area contributed by atoms with E-state index in [1.54, 1.807) is 0 Å². The Morgan fingerprint density at radius 3 is 2.65 bits per heavy atom. The van der Waals surface area contributed by atoms with Gasteiger partial charge in [0, 0.05) is 25.4 Å². The molecule has 0 saturated heterocycles. The largest absolute Gasteiger partial charge is 0.478 e. The van der Waals surface area contributed by atoms with Crippen molar-refractivity contribution in [2.45, 2.75) is 36.6 Å². The maximum atomic E-state index is 12.2. The highest BCUT2D eigenvalue weighted by molar-refractivity contribution is 7.89. The van der Waals surface area contributed by atoms with Gasteiger partial charge in [-0.1, -0.05) is 12.8 Å². The van der Waals surface area contributed by atoms with Gasteiger partial charge in [0.1, 0.15) is 0 Å². The maximum Gasteiger partial charge on any atom is 0.337 e. The number of hydrogen-bond donors (Lipinski definition) is 3. The van der Waals surface area contributed by atoms with Gasteiger partial charge in [-0.15, -0.1) is 0 Å². The molecule has 0 radical (unpaired) electrons. The first kappa shape index (κ1) is 17.7. The first-order valence-electron chi connectivity index (χ1n) is 7.56. The Kier molecular flexibility index (Phi) is 5.97. The Morgan fingerprint density at radius 1 is 1.35 bits per heavy atom. The fourth-order valence-corrected chi connectivity index (χ4v) is 3.68.